The maximum absolute atomic E-state index is 11.7. The zero-order valence-electron chi connectivity index (χ0n) is 8.89. The SMILES string of the molecule is CCc1nc2c(o1)CC(C)(C)CC2=O. The third-order valence-electron chi connectivity index (χ3n) is 2.59. The van der Waals surface area contributed by atoms with E-state index >= 15 is 0 Å². The Morgan fingerprint density at radius 3 is 2.79 bits per heavy atom. The predicted octanol–water partition coefficient (Wildman–Crippen LogP) is 2.39. The second-order valence-electron chi connectivity index (χ2n) is 4.67. The lowest BCUT2D eigenvalue weighted by Crippen LogP contribution is -2.26. The van der Waals surface area contributed by atoms with Crippen molar-refractivity contribution in [1.29, 1.82) is 0 Å². The van der Waals surface area contributed by atoms with Gasteiger partial charge in [-0.15, -0.1) is 0 Å². The number of oxazole rings is 1. The molecule has 1 aromatic rings. The summed E-state index contributed by atoms with van der Waals surface area (Å²) in [6.07, 6.45) is 2.15. The summed E-state index contributed by atoms with van der Waals surface area (Å²) in [6, 6.07) is 0. The Balaban J connectivity index is 2.43. The fourth-order valence-corrected chi connectivity index (χ4v) is 1.90. The van der Waals surface area contributed by atoms with Crippen LogP contribution >= 0.6 is 0 Å². The average molecular weight is 193 g/mol. The number of aromatic nitrogens is 1. The summed E-state index contributed by atoms with van der Waals surface area (Å²) in [5.41, 5.74) is 0.593. The molecule has 0 unspecified atom stereocenters. The summed E-state index contributed by atoms with van der Waals surface area (Å²) in [5, 5.41) is 0. The first-order valence-electron chi connectivity index (χ1n) is 5.03. The molecule has 2 rings (SSSR count). The maximum Gasteiger partial charge on any atom is 0.194 e. The van der Waals surface area contributed by atoms with Crippen molar-refractivity contribution >= 4 is 5.78 Å². The molecule has 1 heterocycles. The maximum atomic E-state index is 11.7. The number of ketones is 1. The van der Waals surface area contributed by atoms with Crippen LogP contribution in [0.15, 0.2) is 4.42 Å². The quantitative estimate of drug-likeness (QED) is 0.687. The topological polar surface area (TPSA) is 43.1 Å². The standard InChI is InChI=1S/C11H15NO2/c1-4-9-12-10-7(13)5-11(2,3)6-8(10)14-9/h4-6H2,1-3H3. The van der Waals surface area contributed by atoms with E-state index in [1.54, 1.807) is 0 Å². The Morgan fingerprint density at radius 2 is 2.14 bits per heavy atom. The molecule has 0 bridgehead atoms. The second kappa shape index (κ2) is 2.94. The fraction of sp³-hybridized carbons (Fsp3) is 0.636. The van der Waals surface area contributed by atoms with Gasteiger partial charge in [0.25, 0.3) is 0 Å². The van der Waals surface area contributed by atoms with Gasteiger partial charge in [-0.2, -0.15) is 0 Å². The predicted molar refractivity (Wildman–Crippen MR) is 52.3 cm³/mol. The normalized spacial score (nSPS) is 19.5. The number of fused-ring (bicyclic) bond motifs is 1. The Bertz CT molecular complexity index is 377. The lowest BCUT2D eigenvalue weighted by atomic mass is 9.78. The minimum absolute atomic E-state index is 0.0224. The van der Waals surface area contributed by atoms with Crippen molar-refractivity contribution in [3.05, 3.63) is 17.3 Å². The van der Waals surface area contributed by atoms with E-state index in [1.165, 1.54) is 0 Å². The molecular weight excluding hydrogens is 178 g/mol. The number of Topliss-reactive ketones (excluding diaryl/α,β-unsaturated/α-hetero) is 1. The van der Waals surface area contributed by atoms with E-state index in [4.69, 9.17) is 4.42 Å². The summed E-state index contributed by atoms with van der Waals surface area (Å²) in [4.78, 5) is 15.9. The molecule has 1 aliphatic carbocycles. The molecule has 0 aromatic carbocycles. The first-order valence-corrected chi connectivity index (χ1v) is 5.03. The number of aryl methyl sites for hydroxylation is 1. The van der Waals surface area contributed by atoms with E-state index in [0.717, 1.165) is 18.6 Å². The highest BCUT2D eigenvalue weighted by molar-refractivity contribution is 5.96. The van der Waals surface area contributed by atoms with Gasteiger partial charge in [0.15, 0.2) is 11.7 Å². The third-order valence-corrected chi connectivity index (χ3v) is 2.59. The summed E-state index contributed by atoms with van der Waals surface area (Å²) >= 11 is 0. The van der Waals surface area contributed by atoms with E-state index in [-0.39, 0.29) is 11.2 Å². The van der Waals surface area contributed by atoms with Crippen LogP contribution in [0.4, 0.5) is 0 Å². The molecule has 0 saturated carbocycles. The summed E-state index contributed by atoms with van der Waals surface area (Å²) in [6.45, 7) is 6.15. The molecule has 0 fully saturated rings. The smallest absolute Gasteiger partial charge is 0.194 e. The molecule has 3 heteroatoms. The van der Waals surface area contributed by atoms with Crippen molar-refractivity contribution in [3.8, 4) is 0 Å². The highest BCUT2D eigenvalue weighted by atomic mass is 16.4. The van der Waals surface area contributed by atoms with Gasteiger partial charge in [-0.3, -0.25) is 4.79 Å². The van der Waals surface area contributed by atoms with Crippen LogP contribution in [-0.2, 0) is 12.8 Å². The van der Waals surface area contributed by atoms with Crippen molar-refractivity contribution in [2.24, 2.45) is 5.41 Å². The molecular formula is C11H15NO2. The molecule has 0 atom stereocenters. The van der Waals surface area contributed by atoms with Gasteiger partial charge in [-0.25, -0.2) is 4.98 Å². The number of rotatable bonds is 1. The van der Waals surface area contributed by atoms with Crippen molar-refractivity contribution < 1.29 is 9.21 Å². The van der Waals surface area contributed by atoms with Crippen molar-refractivity contribution in [2.45, 2.75) is 40.0 Å². The Labute approximate surface area is 83.5 Å². The highest BCUT2D eigenvalue weighted by Gasteiger charge is 2.34. The molecule has 1 aromatic heterocycles. The summed E-state index contributed by atoms with van der Waals surface area (Å²) in [7, 11) is 0. The Hall–Kier alpha value is -1.12. The van der Waals surface area contributed by atoms with Gasteiger partial charge in [-0.1, -0.05) is 20.8 Å². The zero-order chi connectivity index (χ0) is 10.3. The van der Waals surface area contributed by atoms with Crippen LogP contribution < -0.4 is 0 Å². The van der Waals surface area contributed by atoms with Crippen LogP contribution in [0.5, 0.6) is 0 Å². The zero-order valence-corrected chi connectivity index (χ0v) is 8.89. The van der Waals surface area contributed by atoms with Crippen molar-refractivity contribution in [1.82, 2.24) is 4.98 Å². The summed E-state index contributed by atoms with van der Waals surface area (Å²) < 4.78 is 5.53. The molecule has 1 aliphatic rings. The molecule has 0 spiro atoms. The monoisotopic (exact) mass is 193 g/mol. The lowest BCUT2D eigenvalue weighted by Gasteiger charge is -2.26. The molecule has 0 amide bonds. The fourth-order valence-electron chi connectivity index (χ4n) is 1.90. The first-order chi connectivity index (χ1) is 6.52. The number of carbonyl (C=O) groups is 1. The number of carbonyl (C=O) groups excluding carboxylic acids is 1. The molecule has 3 nitrogen and oxygen atoms in total. The van der Waals surface area contributed by atoms with Crippen molar-refractivity contribution in [2.75, 3.05) is 0 Å². The Kier molecular flexibility index (Phi) is 1.98. The van der Waals surface area contributed by atoms with Gasteiger partial charge in [0.05, 0.1) is 0 Å². The van der Waals surface area contributed by atoms with Crippen molar-refractivity contribution in [3.63, 3.8) is 0 Å². The van der Waals surface area contributed by atoms with E-state index in [9.17, 15) is 4.79 Å². The van der Waals surface area contributed by atoms with E-state index in [1.807, 2.05) is 6.92 Å². The van der Waals surface area contributed by atoms with Gasteiger partial charge in [-0.05, 0) is 5.41 Å². The Morgan fingerprint density at radius 1 is 1.43 bits per heavy atom. The lowest BCUT2D eigenvalue weighted by molar-refractivity contribution is 0.0899. The van der Waals surface area contributed by atoms with Gasteiger partial charge < -0.3 is 4.42 Å². The van der Waals surface area contributed by atoms with Crippen LogP contribution in [0.1, 0.15) is 49.3 Å². The minimum Gasteiger partial charge on any atom is -0.445 e. The van der Waals surface area contributed by atoms with E-state index < -0.39 is 0 Å². The minimum atomic E-state index is 0.0224. The average Bonchev–Trinajstić information content (AvgIpc) is 2.45. The molecule has 0 saturated heterocycles. The molecule has 0 radical (unpaired) electrons. The van der Waals surface area contributed by atoms with Crippen LogP contribution in [0.3, 0.4) is 0 Å². The number of nitrogens with zero attached hydrogens (tertiary/aromatic N) is 1. The van der Waals surface area contributed by atoms with Gasteiger partial charge in [0, 0.05) is 19.3 Å². The molecule has 76 valence electrons. The second-order valence-corrected chi connectivity index (χ2v) is 4.67. The van der Waals surface area contributed by atoms with Crippen LogP contribution in [-0.4, -0.2) is 10.8 Å². The molecule has 14 heavy (non-hydrogen) atoms. The molecule has 0 N–H and O–H groups in total. The number of hydrogen-bond donors (Lipinski definition) is 0. The van der Waals surface area contributed by atoms with E-state index in [0.29, 0.717) is 18.0 Å². The van der Waals surface area contributed by atoms with Gasteiger partial charge in [0.1, 0.15) is 11.5 Å². The van der Waals surface area contributed by atoms with Crippen LogP contribution in [0, 0.1) is 5.41 Å². The largest absolute Gasteiger partial charge is 0.445 e. The van der Waals surface area contributed by atoms with Crippen LogP contribution in [0.25, 0.3) is 0 Å². The van der Waals surface area contributed by atoms with Gasteiger partial charge >= 0.3 is 0 Å². The summed E-state index contributed by atoms with van der Waals surface area (Å²) in [5.74, 6) is 1.59. The first kappa shape index (κ1) is 9.44. The number of hydrogen-bond acceptors (Lipinski definition) is 3. The molecule has 0 aliphatic heterocycles. The van der Waals surface area contributed by atoms with E-state index in [2.05, 4.69) is 18.8 Å². The van der Waals surface area contributed by atoms with Gasteiger partial charge in [0.2, 0.25) is 0 Å². The van der Waals surface area contributed by atoms with Crippen LogP contribution in [0.2, 0.25) is 0 Å². The highest BCUT2D eigenvalue weighted by Crippen LogP contribution is 2.34. The third kappa shape index (κ3) is 1.47.